The Balaban J connectivity index is 1.13. The van der Waals surface area contributed by atoms with Gasteiger partial charge in [0.25, 0.3) is 0 Å². The zero-order chi connectivity index (χ0) is 43.9. The second kappa shape index (κ2) is 14.9. The van der Waals surface area contributed by atoms with Crippen LogP contribution in [0, 0.1) is 0 Å². The predicted molar refractivity (Wildman–Crippen MR) is 279 cm³/mol. The van der Waals surface area contributed by atoms with Crippen LogP contribution in [-0.2, 0) is 10.8 Å². The fourth-order valence-corrected chi connectivity index (χ4v) is 16.5. The molecule has 1 aliphatic rings. The predicted octanol–water partition coefficient (Wildman–Crippen LogP) is 13.3. The number of aromatic nitrogens is 2. The van der Waals surface area contributed by atoms with Gasteiger partial charge in [-0.2, -0.15) is 0 Å². The first-order valence-electron chi connectivity index (χ1n) is 23.2. The Morgan fingerprint density at radius 1 is 0.338 bits per heavy atom. The molecular formula is C62H52N2Si. The van der Waals surface area contributed by atoms with Crippen LogP contribution < -0.4 is 20.7 Å². The fourth-order valence-electron chi connectivity index (χ4n) is 11.7. The van der Waals surface area contributed by atoms with Crippen molar-refractivity contribution in [2.24, 2.45) is 0 Å². The lowest BCUT2D eigenvalue weighted by molar-refractivity contribution is 0.332. The van der Waals surface area contributed by atoms with Crippen LogP contribution >= 0.6 is 0 Å². The van der Waals surface area contributed by atoms with Gasteiger partial charge in [0.15, 0.2) is 8.07 Å². The topological polar surface area (TPSA) is 9.86 Å². The number of hydrogen-bond acceptors (Lipinski definition) is 0. The molecule has 0 aliphatic heterocycles. The molecule has 0 amide bonds. The number of fused-ring (bicyclic) bond motifs is 7. The molecule has 314 valence electrons. The van der Waals surface area contributed by atoms with Crippen molar-refractivity contribution < 1.29 is 0 Å². The summed E-state index contributed by atoms with van der Waals surface area (Å²) in [6.45, 7) is 9.78. The number of para-hydroxylation sites is 3. The Bertz CT molecular complexity index is 3550. The van der Waals surface area contributed by atoms with Crippen LogP contribution in [0.25, 0.3) is 66.1 Å². The van der Waals surface area contributed by atoms with Crippen molar-refractivity contribution in [3.05, 3.63) is 230 Å². The van der Waals surface area contributed by atoms with Crippen LogP contribution in [0.5, 0.6) is 0 Å². The molecule has 11 aromatic rings. The summed E-state index contributed by atoms with van der Waals surface area (Å²) in [5.74, 6) is 0. The largest absolute Gasteiger partial charge is 0.309 e. The van der Waals surface area contributed by atoms with E-state index in [0.29, 0.717) is 0 Å². The number of nitrogens with zero attached hydrogens (tertiary/aromatic N) is 2. The lowest BCUT2D eigenvalue weighted by Crippen LogP contribution is -2.75. The van der Waals surface area contributed by atoms with Gasteiger partial charge in [-0.25, -0.2) is 0 Å². The molecule has 65 heavy (non-hydrogen) atoms. The molecule has 0 spiro atoms. The molecule has 0 radical (unpaired) electrons. The van der Waals surface area contributed by atoms with Gasteiger partial charge in [-0.1, -0.05) is 198 Å². The van der Waals surface area contributed by atoms with E-state index in [9.17, 15) is 0 Å². The summed E-state index contributed by atoms with van der Waals surface area (Å²) in [4.78, 5) is 0. The van der Waals surface area contributed by atoms with Crippen LogP contribution in [0.4, 0.5) is 0 Å². The molecule has 0 bridgehead atoms. The average molecular weight is 853 g/mol. The second-order valence-electron chi connectivity index (χ2n) is 19.5. The van der Waals surface area contributed by atoms with Gasteiger partial charge in [0.2, 0.25) is 0 Å². The van der Waals surface area contributed by atoms with Crippen molar-refractivity contribution in [3.8, 4) is 22.5 Å². The summed E-state index contributed by atoms with van der Waals surface area (Å²) in [7, 11) is -2.91. The van der Waals surface area contributed by atoms with Gasteiger partial charge in [-0.3, -0.25) is 0 Å². The van der Waals surface area contributed by atoms with Crippen molar-refractivity contribution in [2.45, 2.75) is 51.4 Å². The van der Waals surface area contributed by atoms with Crippen molar-refractivity contribution in [3.63, 3.8) is 0 Å². The minimum Gasteiger partial charge on any atom is -0.309 e. The molecule has 1 aliphatic carbocycles. The van der Waals surface area contributed by atoms with Crippen LogP contribution in [0.15, 0.2) is 218 Å². The highest BCUT2D eigenvalue weighted by Crippen LogP contribution is 2.46. The molecule has 0 N–H and O–H groups in total. The van der Waals surface area contributed by atoms with E-state index in [2.05, 4.69) is 255 Å². The Kier molecular flexibility index (Phi) is 9.05. The number of hydrogen-bond donors (Lipinski definition) is 0. The highest BCUT2D eigenvalue weighted by atomic mass is 28.3. The highest BCUT2D eigenvalue weighted by molar-refractivity contribution is 7.20. The van der Waals surface area contributed by atoms with E-state index in [-0.39, 0.29) is 10.8 Å². The van der Waals surface area contributed by atoms with E-state index in [4.69, 9.17) is 0 Å². The lowest BCUT2D eigenvalue weighted by Gasteiger charge is -2.43. The summed E-state index contributed by atoms with van der Waals surface area (Å²) < 4.78 is 4.95. The quantitative estimate of drug-likeness (QED) is 0.112. The summed E-state index contributed by atoms with van der Waals surface area (Å²) in [6, 6.07) is 82.5. The average Bonchev–Trinajstić information content (AvgIpc) is 3.88. The SMILES string of the molecule is CC1(C)CCC(C)(C)c2cc([Si](c3ccccc3)(c3ccccc3)c3cccc(-n4c5ccccc5c5c(-c6cccc7c6c6ccccc6n7-c6ccccc6)cccc54)c3)ccc21. The normalized spacial score (nSPS) is 14.6. The minimum absolute atomic E-state index is 0.0810. The molecule has 12 rings (SSSR count). The maximum absolute atomic E-state index is 2.91. The first-order valence-corrected chi connectivity index (χ1v) is 25.2. The maximum atomic E-state index is 2.64. The summed E-state index contributed by atoms with van der Waals surface area (Å²) in [5, 5.41) is 10.6. The van der Waals surface area contributed by atoms with Gasteiger partial charge in [-0.05, 0) is 115 Å². The molecule has 0 fully saturated rings. The van der Waals surface area contributed by atoms with Gasteiger partial charge in [0.1, 0.15) is 0 Å². The Hall–Kier alpha value is -7.20. The first-order chi connectivity index (χ1) is 31.8. The fraction of sp³-hybridized carbons (Fsp3) is 0.129. The first kappa shape index (κ1) is 39.4. The Labute approximate surface area is 383 Å². The van der Waals surface area contributed by atoms with Crippen molar-refractivity contribution in [1.82, 2.24) is 9.13 Å². The zero-order valence-corrected chi connectivity index (χ0v) is 38.6. The molecule has 9 aromatic carbocycles. The van der Waals surface area contributed by atoms with Crippen LogP contribution in [0.1, 0.15) is 51.7 Å². The molecule has 2 aromatic heterocycles. The van der Waals surface area contributed by atoms with E-state index < -0.39 is 8.07 Å². The van der Waals surface area contributed by atoms with E-state index >= 15 is 0 Å². The Morgan fingerprint density at radius 2 is 0.754 bits per heavy atom. The van der Waals surface area contributed by atoms with Gasteiger partial charge in [0, 0.05) is 32.9 Å². The third kappa shape index (κ3) is 5.99. The van der Waals surface area contributed by atoms with Gasteiger partial charge >= 0.3 is 0 Å². The van der Waals surface area contributed by atoms with E-state index in [1.165, 1.54) is 111 Å². The van der Waals surface area contributed by atoms with Gasteiger partial charge < -0.3 is 9.13 Å². The standard InChI is InChI=1S/C62H52N2Si/c1-61(2)39-40-62(3,4)54-42-48(37-38-53(54)61)65(45-24-10-6-11-25-45,46-26-12-7-13-27-46)47-28-18-23-44(41-47)64-56-34-17-15-30-52(56)60-50(32-20-36-58(60)64)49-31-19-35-57-59(49)51-29-14-16-33-55(51)63(57)43-21-8-5-9-22-43/h5-38,41-42H,39-40H2,1-4H3. The van der Waals surface area contributed by atoms with Gasteiger partial charge in [0.05, 0.1) is 22.1 Å². The molecule has 0 unspecified atom stereocenters. The molecule has 2 heterocycles. The molecule has 0 atom stereocenters. The monoisotopic (exact) mass is 852 g/mol. The zero-order valence-electron chi connectivity index (χ0n) is 37.6. The molecule has 3 heteroatoms. The van der Waals surface area contributed by atoms with E-state index in [1.807, 2.05) is 0 Å². The lowest BCUT2D eigenvalue weighted by atomic mass is 9.63. The smallest absolute Gasteiger partial charge is 0.179 e. The van der Waals surface area contributed by atoms with Crippen molar-refractivity contribution in [1.29, 1.82) is 0 Å². The highest BCUT2D eigenvalue weighted by Gasteiger charge is 2.44. The van der Waals surface area contributed by atoms with E-state index in [0.717, 1.165) is 0 Å². The van der Waals surface area contributed by atoms with Crippen LogP contribution in [0.3, 0.4) is 0 Å². The molecule has 0 saturated carbocycles. The van der Waals surface area contributed by atoms with Crippen LogP contribution in [-0.4, -0.2) is 17.2 Å². The minimum atomic E-state index is -2.91. The summed E-state index contributed by atoms with van der Waals surface area (Å²) in [6.07, 6.45) is 2.37. The van der Waals surface area contributed by atoms with Crippen LogP contribution in [0.2, 0.25) is 0 Å². The number of rotatable bonds is 7. The van der Waals surface area contributed by atoms with Crippen molar-refractivity contribution in [2.75, 3.05) is 0 Å². The van der Waals surface area contributed by atoms with Gasteiger partial charge in [-0.15, -0.1) is 0 Å². The molecular weight excluding hydrogens is 801 g/mol. The second-order valence-corrected chi connectivity index (χ2v) is 23.3. The van der Waals surface area contributed by atoms with Crippen molar-refractivity contribution >= 4 is 72.4 Å². The summed E-state index contributed by atoms with van der Waals surface area (Å²) in [5.41, 5.74) is 12.9. The number of benzene rings is 9. The maximum Gasteiger partial charge on any atom is 0.179 e. The molecule has 0 saturated heterocycles. The Morgan fingerprint density at radius 3 is 1.32 bits per heavy atom. The van der Waals surface area contributed by atoms with E-state index in [1.54, 1.807) is 0 Å². The molecule has 2 nitrogen and oxygen atoms in total. The third-order valence-electron chi connectivity index (χ3n) is 14.9. The summed E-state index contributed by atoms with van der Waals surface area (Å²) >= 11 is 0. The third-order valence-corrected chi connectivity index (χ3v) is 19.7.